The standard InChI is InChI=1S/C15H23ClN2S/c1-11(17)8-12-9-13(16)4-5-14(12)18-6-7-19-15(2,3)10-18/h4-5,9,11H,6-8,10,17H2,1-3H3. The minimum absolute atomic E-state index is 0.157. The fourth-order valence-corrected chi connectivity index (χ4v) is 3.90. The maximum absolute atomic E-state index is 6.13. The molecule has 1 unspecified atom stereocenters. The van der Waals surface area contributed by atoms with Gasteiger partial charge in [0.2, 0.25) is 0 Å². The smallest absolute Gasteiger partial charge is 0.0410 e. The molecule has 2 N–H and O–H groups in total. The van der Waals surface area contributed by atoms with Gasteiger partial charge in [-0.2, -0.15) is 11.8 Å². The second kappa shape index (κ2) is 5.94. The first-order chi connectivity index (χ1) is 8.87. The molecule has 0 bridgehead atoms. The maximum Gasteiger partial charge on any atom is 0.0410 e. The van der Waals surface area contributed by atoms with Crippen LogP contribution in [-0.2, 0) is 6.42 Å². The first-order valence-electron chi connectivity index (χ1n) is 6.80. The number of nitrogens with two attached hydrogens (primary N) is 1. The van der Waals surface area contributed by atoms with Crippen LogP contribution in [0.5, 0.6) is 0 Å². The van der Waals surface area contributed by atoms with Gasteiger partial charge in [0.25, 0.3) is 0 Å². The molecule has 1 fully saturated rings. The fourth-order valence-electron chi connectivity index (χ4n) is 2.60. The van der Waals surface area contributed by atoms with E-state index in [0.717, 1.165) is 24.5 Å². The van der Waals surface area contributed by atoms with Gasteiger partial charge >= 0.3 is 0 Å². The molecule has 1 saturated heterocycles. The molecule has 1 aromatic carbocycles. The molecule has 19 heavy (non-hydrogen) atoms. The maximum atomic E-state index is 6.13. The predicted octanol–water partition coefficient (Wildman–Crippen LogP) is 3.56. The Hall–Kier alpha value is -0.380. The van der Waals surface area contributed by atoms with Crippen LogP contribution in [0, 0.1) is 0 Å². The van der Waals surface area contributed by atoms with Crippen molar-refractivity contribution < 1.29 is 0 Å². The summed E-state index contributed by atoms with van der Waals surface area (Å²) in [6.07, 6.45) is 0.875. The number of benzene rings is 1. The number of thioether (sulfide) groups is 1. The average molecular weight is 299 g/mol. The van der Waals surface area contributed by atoms with Gasteiger partial charge in [-0.1, -0.05) is 11.6 Å². The summed E-state index contributed by atoms with van der Waals surface area (Å²) >= 11 is 8.18. The Bertz CT molecular complexity index is 446. The van der Waals surface area contributed by atoms with Gasteiger partial charge in [-0.3, -0.25) is 0 Å². The molecule has 0 radical (unpaired) electrons. The lowest BCUT2D eigenvalue weighted by molar-refractivity contribution is 0.642. The highest BCUT2D eigenvalue weighted by atomic mass is 35.5. The molecular weight excluding hydrogens is 276 g/mol. The van der Waals surface area contributed by atoms with Crippen molar-refractivity contribution in [3.05, 3.63) is 28.8 Å². The Balaban J connectivity index is 2.27. The van der Waals surface area contributed by atoms with E-state index in [4.69, 9.17) is 17.3 Å². The van der Waals surface area contributed by atoms with Crippen LogP contribution < -0.4 is 10.6 Å². The molecule has 106 valence electrons. The van der Waals surface area contributed by atoms with Crippen LogP contribution in [0.15, 0.2) is 18.2 Å². The third-order valence-electron chi connectivity index (χ3n) is 3.35. The van der Waals surface area contributed by atoms with Crippen molar-refractivity contribution in [1.82, 2.24) is 0 Å². The molecule has 2 rings (SSSR count). The quantitative estimate of drug-likeness (QED) is 0.925. The van der Waals surface area contributed by atoms with Crippen LogP contribution in [0.2, 0.25) is 5.02 Å². The lowest BCUT2D eigenvalue weighted by atomic mass is 10.0. The van der Waals surface area contributed by atoms with Crippen LogP contribution in [0.25, 0.3) is 0 Å². The number of hydrogen-bond acceptors (Lipinski definition) is 3. The van der Waals surface area contributed by atoms with E-state index in [-0.39, 0.29) is 6.04 Å². The monoisotopic (exact) mass is 298 g/mol. The number of rotatable bonds is 3. The summed E-state index contributed by atoms with van der Waals surface area (Å²) in [6.45, 7) is 8.84. The Labute approximate surface area is 125 Å². The van der Waals surface area contributed by atoms with E-state index in [9.17, 15) is 0 Å². The van der Waals surface area contributed by atoms with E-state index in [1.807, 2.05) is 24.8 Å². The summed E-state index contributed by atoms with van der Waals surface area (Å²) in [5.41, 5.74) is 8.53. The molecule has 0 aliphatic carbocycles. The number of halogens is 1. The third kappa shape index (κ3) is 4.04. The van der Waals surface area contributed by atoms with Crippen LogP contribution in [-0.4, -0.2) is 29.6 Å². The van der Waals surface area contributed by atoms with Crippen molar-refractivity contribution in [1.29, 1.82) is 0 Å². The largest absolute Gasteiger partial charge is 0.369 e. The molecule has 0 spiro atoms. The second-order valence-electron chi connectivity index (χ2n) is 5.98. The average Bonchev–Trinajstić information content (AvgIpc) is 2.26. The summed E-state index contributed by atoms with van der Waals surface area (Å²) in [5.74, 6) is 1.17. The van der Waals surface area contributed by atoms with Crippen molar-refractivity contribution in [3.63, 3.8) is 0 Å². The van der Waals surface area contributed by atoms with E-state index < -0.39 is 0 Å². The van der Waals surface area contributed by atoms with E-state index in [2.05, 4.69) is 30.9 Å². The van der Waals surface area contributed by atoms with Gasteiger partial charge < -0.3 is 10.6 Å². The fraction of sp³-hybridized carbons (Fsp3) is 0.600. The summed E-state index contributed by atoms with van der Waals surface area (Å²) in [7, 11) is 0. The third-order valence-corrected chi connectivity index (χ3v) is 4.88. The highest BCUT2D eigenvalue weighted by Crippen LogP contribution is 2.34. The highest BCUT2D eigenvalue weighted by Gasteiger charge is 2.28. The van der Waals surface area contributed by atoms with Crippen LogP contribution in [0.4, 0.5) is 5.69 Å². The van der Waals surface area contributed by atoms with Gasteiger partial charge in [0.05, 0.1) is 0 Å². The summed E-state index contributed by atoms with van der Waals surface area (Å²) in [5, 5.41) is 0.796. The molecule has 0 aromatic heterocycles. The van der Waals surface area contributed by atoms with Gasteiger partial charge in [-0.15, -0.1) is 0 Å². The summed E-state index contributed by atoms with van der Waals surface area (Å²) < 4.78 is 0.309. The number of anilines is 1. The molecule has 1 aliphatic heterocycles. The molecule has 4 heteroatoms. The summed E-state index contributed by atoms with van der Waals surface area (Å²) in [4.78, 5) is 2.48. The van der Waals surface area contributed by atoms with Gasteiger partial charge in [0.1, 0.15) is 0 Å². The zero-order valence-electron chi connectivity index (χ0n) is 11.9. The van der Waals surface area contributed by atoms with Gasteiger partial charge in [0.15, 0.2) is 0 Å². The zero-order valence-corrected chi connectivity index (χ0v) is 13.5. The van der Waals surface area contributed by atoms with Gasteiger partial charge in [0, 0.05) is 40.3 Å². The molecule has 2 nitrogen and oxygen atoms in total. The topological polar surface area (TPSA) is 29.3 Å². The van der Waals surface area contributed by atoms with E-state index in [0.29, 0.717) is 4.75 Å². The van der Waals surface area contributed by atoms with Crippen LogP contribution >= 0.6 is 23.4 Å². The van der Waals surface area contributed by atoms with Crippen LogP contribution in [0.3, 0.4) is 0 Å². The van der Waals surface area contributed by atoms with Crippen molar-refractivity contribution in [2.75, 3.05) is 23.7 Å². The minimum atomic E-state index is 0.157. The molecule has 1 aliphatic rings. The Kier molecular flexibility index (Phi) is 4.70. The summed E-state index contributed by atoms with van der Waals surface area (Å²) in [6, 6.07) is 6.35. The molecule has 1 heterocycles. The Morgan fingerprint density at radius 1 is 1.47 bits per heavy atom. The molecule has 0 saturated carbocycles. The molecule has 1 atom stereocenters. The number of hydrogen-bond donors (Lipinski definition) is 1. The minimum Gasteiger partial charge on any atom is -0.369 e. The first-order valence-corrected chi connectivity index (χ1v) is 8.17. The van der Waals surface area contributed by atoms with E-state index in [1.54, 1.807) is 0 Å². The lowest BCUT2D eigenvalue weighted by Gasteiger charge is -2.40. The zero-order chi connectivity index (χ0) is 14.0. The molecular formula is C15H23ClN2S. The van der Waals surface area contributed by atoms with Gasteiger partial charge in [-0.05, 0) is 51.0 Å². The van der Waals surface area contributed by atoms with E-state index >= 15 is 0 Å². The van der Waals surface area contributed by atoms with Crippen molar-refractivity contribution in [2.24, 2.45) is 5.73 Å². The van der Waals surface area contributed by atoms with Crippen molar-refractivity contribution in [2.45, 2.75) is 38.0 Å². The molecule has 0 amide bonds. The molecule has 1 aromatic rings. The highest BCUT2D eigenvalue weighted by molar-refractivity contribution is 8.00. The normalized spacial score (nSPS) is 20.4. The van der Waals surface area contributed by atoms with E-state index in [1.165, 1.54) is 17.0 Å². The van der Waals surface area contributed by atoms with Crippen molar-refractivity contribution >= 4 is 29.1 Å². The SMILES string of the molecule is CC(N)Cc1cc(Cl)ccc1N1CCSC(C)(C)C1. The Morgan fingerprint density at radius 2 is 2.21 bits per heavy atom. The second-order valence-corrected chi connectivity index (χ2v) is 8.22. The lowest BCUT2D eigenvalue weighted by Crippen LogP contribution is -2.43. The predicted molar refractivity (Wildman–Crippen MR) is 87.6 cm³/mol. The number of nitrogens with zero attached hydrogens (tertiary/aromatic N) is 1. The Morgan fingerprint density at radius 3 is 2.84 bits per heavy atom. The van der Waals surface area contributed by atoms with Gasteiger partial charge in [-0.25, -0.2) is 0 Å². The van der Waals surface area contributed by atoms with Crippen LogP contribution in [0.1, 0.15) is 26.3 Å². The van der Waals surface area contributed by atoms with Crippen molar-refractivity contribution in [3.8, 4) is 0 Å². The first kappa shape index (κ1) is 15.0.